The molecule has 0 amide bonds. The van der Waals surface area contributed by atoms with Crippen molar-refractivity contribution in [1.82, 2.24) is 4.98 Å². The van der Waals surface area contributed by atoms with Crippen molar-refractivity contribution >= 4 is 0 Å². The third kappa shape index (κ3) is 8.21. The standard InChI is InChI=1S/C19H34N2/c1-3-4-5-6-7-8-9-10-11-12-15-18(20)19-17(2)14-13-16-21-19/h13-14,16,18H,3-12,15,20H2,1-2H3. The van der Waals surface area contributed by atoms with E-state index in [-0.39, 0.29) is 6.04 Å². The molecule has 1 rings (SSSR count). The fourth-order valence-corrected chi connectivity index (χ4v) is 2.87. The van der Waals surface area contributed by atoms with Gasteiger partial charge in [0.25, 0.3) is 0 Å². The molecular weight excluding hydrogens is 256 g/mol. The third-order valence-electron chi connectivity index (χ3n) is 4.27. The van der Waals surface area contributed by atoms with Crippen LogP contribution in [-0.2, 0) is 0 Å². The van der Waals surface area contributed by atoms with Gasteiger partial charge in [-0.15, -0.1) is 0 Å². The monoisotopic (exact) mass is 290 g/mol. The topological polar surface area (TPSA) is 38.9 Å². The predicted octanol–water partition coefficient (Wildman–Crippen LogP) is 5.70. The molecule has 0 aliphatic heterocycles. The van der Waals surface area contributed by atoms with Gasteiger partial charge in [-0.3, -0.25) is 4.98 Å². The Morgan fingerprint density at radius 1 is 0.952 bits per heavy atom. The highest BCUT2D eigenvalue weighted by molar-refractivity contribution is 5.20. The van der Waals surface area contributed by atoms with Crippen LogP contribution in [0.5, 0.6) is 0 Å². The van der Waals surface area contributed by atoms with E-state index in [2.05, 4.69) is 24.9 Å². The van der Waals surface area contributed by atoms with E-state index in [1.807, 2.05) is 12.3 Å². The SMILES string of the molecule is CCCCCCCCCCCCC(N)c1ncccc1C. The van der Waals surface area contributed by atoms with Crippen LogP contribution in [-0.4, -0.2) is 4.98 Å². The molecule has 21 heavy (non-hydrogen) atoms. The minimum absolute atomic E-state index is 0.111. The van der Waals surface area contributed by atoms with Crippen LogP contribution in [0, 0.1) is 6.92 Å². The van der Waals surface area contributed by atoms with Gasteiger partial charge in [-0.2, -0.15) is 0 Å². The van der Waals surface area contributed by atoms with Crippen LogP contribution in [0.1, 0.15) is 94.9 Å². The van der Waals surface area contributed by atoms with Crippen molar-refractivity contribution in [3.63, 3.8) is 0 Å². The van der Waals surface area contributed by atoms with Crippen molar-refractivity contribution < 1.29 is 0 Å². The summed E-state index contributed by atoms with van der Waals surface area (Å²) in [4.78, 5) is 4.42. The highest BCUT2D eigenvalue weighted by Gasteiger charge is 2.09. The molecule has 1 atom stereocenters. The quantitative estimate of drug-likeness (QED) is 0.501. The van der Waals surface area contributed by atoms with E-state index < -0.39 is 0 Å². The van der Waals surface area contributed by atoms with Crippen molar-refractivity contribution in [3.05, 3.63) is 29.6 Å². The lowest BCUT2D eigenvalue weighted by atomic mass is 10.0. The highest BCUT2D eigenvalue weighted by atomic mass is 14.8. The summed E-state index contributed by atoms with van der Waals surface area (Å²) >= 11 is 0. The largest absolute Gasteiger partial charge is 0.323 e. The summed E-state index contributed by atoms with van der Waals surface area (Å²) in [6, 6.07) is 4.19. The second-order valence-electron chi connectivity index (χ2n) is 6.28. The highest BCUT2D eigenvalue weighted by Crippen LogP contribution is 2.19. The molecule has 2 heteroatoms. The average Bonchev–Trinajstić information content (AvgIpc) is 2.49. The molecule has 0 aliphatic carbocycles. The Morgan fingerprint density at radius 2 is 1.52 bits per heavy atom. The van der Waals surface area contributed by atoms with Crippen LogP contribution in [0.25, 0.3) is 0 Å². The minimum atomic E-state index is 0.111. The van der Waals surface area contributed by atoms with Gasteiger partial charge in [0.2, 0.25) is 0 Å². The molecular formula is C19H34N2. The summed E-state index contributed by atoms with van der Waals surface area (Å²) in [6.07, 6.45) is 16.7. The van der Waals surface area contributed by atoms with E-state index in [9.17, 15) is 0 Å². The van der Waals surface area contributed by atoms with Crippen molar-refractivity contribution in [2.75, 3.05) is 0 Å². The molecule has 0 radical (unpaired) electrons. The van der Waals surface area contributed by atoms with E-state index in [1.165, 1.54) is 69.8 Å². The molecule has 0 aromatic carbocycles. The van der Waals surface area contributed by atoms with E-state index in [1.54, 1.807) is 0 Å². The minimum Gasteiger partial charge on any atom is -0.323 e. The van der Waals surface area contributed by atoms with Crippen LogP contribution in [0.2, 0.25) is 0 Å². The van der Waals surface area contributed by atoms with E-state index >= 15 is 0 Å². The molecule has 0 saturated carbocycles. The number of nitrogens with two attached hydrogens (primary N) is 1. The number of aromatic nitrogens is 1. The number of aryl methyl sites for hydroxylation is 1. The van der Waals surface area contributed by atoms with Gasteiger partial charge in [-0.1, -0.05) is 77.2 Å². The molecule has 1 aromatic rings. The molecule has 1 aromatic heterocycles. The molecule has 1 heterocycles. The smallest absolute Gasteiger partial charge is 0.0600 e. The lowest BCUT2D eigenvalue weighted by Gasteiger charge is -2.13. The molecule has 1 unspecified atom stereocenters. The molecule has 2 N–H and O–H groups in total. The van der Waals surface area contributed by atoms with Crippen molar-refractivity contribution in [3.8, 4) is 0 Å². The number of hydrogen-bond donors (Lipinski definition) is 1. The summed E-state index contributed by atoms with van der Waals surface area (Å²) in [5.74, 6) is 0. The van der Waals surface area contributed by atoms with E-state index in [0.717, 1.165) is 12.1 Å². The zero-order valence-corrected chi connectivity index (χ0v) is 14.1. The number of rotatable bonds is 12. The number of unbranched alkanes of at least 4 members (excludes halogenated alkanes) is 9. The first-order chi connectivity index (χ1) is 10.3. The lowest BCUT2D eigenvalue weighted by molar-refractivity contribution is 0.524. The van der Waals surface area contributed by atoms with Gasteiger partial charge in [-0.05, 0) is 25.0 Å². The van der Waals surface area contributed by atoms with E-state index in [0.29, 0.717) is 0 Å². The summed E-state index contributed by atoms with van der Waals surface area (Å²) in [7, 11) is 0. The number of nitrogens with zero attached hydrogens (tertiary/aromatic N) is 1. The lowest BCUT2D eigenvalue weighted by Crippen LogP contribution is -2.13. The average molecular weight is 290 g/mol. The summed E-state index contributed by atoms with van der Waals surface area (Å²) < 4.78 is 0. The first-order valence-electron chi connectivity index (χ1n) is 8.92. The maximum atomic E-state index is 6.24. The fraction of sp³-hybridized carbons (Fsp3) is 0.737. The molecule has 120 valence electrons. The summed E-state index contributed by atoms with van der Waals surface area (Å²) in [5.41, 5.74) is 8.54. The molecule has 0 fully saturated rings. The molecule has 0 saturated heterocycles. The maximum Gasteiger partial charge on any atom is 0.0600 e. The first kappa shape index (κ1) is 18.2. The second kappa shape index (κ2) is 11.7. The fourth-order valence-electron chi connectivity index (χ4n) is 2.87. The Morgan fingerprint density at radius 3 is 2.10 bits per heavy atom. The van der Waals surface area contributed by atoms with Crippen LogP contribution >= 0.6 is 0 Å². The Kier molecular flexibility index (Phi) is 10.1. The van der Waals surface area contributed by atoms with Gasteiger partial charge >= 0.3 is 0 Å². The zero-order valence-electron chi connectivity index (χ0n) is 14.1. The molecule has 0 spiro atoms. The predicted molar refractivity (Wildman–Crippen MR) is 92.4 cm³/mol. The molecule has 0 aliphatic rings. The Hall–Kier alpha value is -0.890. The van der Waals surface area contributed by atoms with Crippen LogP contribution < -0.4 is 5.73 Å². The van der Waals surface area contributed by atoms with Crippen LogP contribution in [0.3, 0.4) is 0 Å². The van der Waals surface area contributed by atoms with Gasteiger partial charge in [0.05, 0.1) is 5.69 Å². The Balaban J connectivity index is 1.98. The zero-order chi connectivity index (χ0) is 15.3. The first-order valence-corrected chi connectivity index (χ1v) is 8.92. The van der Waals surface area contributed by atoms with Crippen LogP contribution in [0.4, 0.5) is 0 Å². The van der Waals surface area contributed by atoms with Gasteiger partial charge in [0, 0.05) is 12.2 Å². The Bertz CT molecular complexity index is 362. The summed E-state index contributed by atoms with van der Waals surface area (Å²) in [6.45, 7) is 4.37. The Labute approximate surface area is 131 Å². The van der Waals surface area contributed by atoms with Crippen molar-refractivity contribution in [2.45, 2.75) is 90.5 Å². The molecule has 0 bridgehead atoms. The van der Waals surface area contributed by atoms with Crippen LogP contribution in [0.15, 0.2) is 18.3 Å². The third-order valence-corrected chi connectivity index (χ3v) is 4.27. The normalized spacial score (nSPS) is 12.5. The van der Waals surface area contributed by atoms with Crippen molar-refractivity contribution in [2.24, 2.45) is 5.73 Å². The number of hydrogen-bond acceptors (Lipinski definition) is 2. The van der Waals surface area contributed by atoms with Gasteiger partial charge < -0.3 is 5.73 Å². The van der Waals surface area contributed by atoms with Gasteiger partial charge in [0.1, 0.15) is 0 Å². The number of pyridine rings is 1. The van der Waals surface area contributed by atoms with Gasteiger partial charge in [0.15, 0.2) is 0 Å². The maximum absolute atomic E-state index is 6.24. The molecule has 2 nitrogen and oxygen atoms in total. The summed E-state index contributed by atoms with van der Waals surface area (Å²) in [5, 5.41) is 0. The van der Waals surface area contributed by atoms with E-state index in [4.69, 9.17) is 5.73 Å². The van der Waals surface area contributed by atoms with Crippen molar-refractivity contribution in [1.29, 1.82) is 0 Å². The second-order valence-corrected chi connectivity index (χ2v) is 6.28. The van der Waals surface area contributed by atoms with Gasteiger partial charge in [-0.25, -0.2) is 0 Å².